The minimum Gasteiger partial charge on any atom is -0.357 e. The van der Waals surface area contributed by atoms with Crippen molar-refractivity contribution in [2.24, 2.45) is 4.99 Å². The van der Waals surface area contributed by atoms with Crippen LogP contribution in [0.5, 0.6) is 0 Å². The molecule has 0 radical (unpaired) electrons. The Labute approximate surface area is 205 Å². The first-order valence-corrected chi connectivity index (χ1v) is 11.1. The minimum absolute atomic E-state index is 0. The van der Waals surface area contributed by atoms with Gasteiger partial charge in [-0.25, -0.2) is 0 Å². The maximum absolute atomic E-state index is 12.7. The number of rotatable bonds is 8. The lowest BCUT2D eigenvalue weighted by Crippen LogP contribution is -2.52. The summed E-state index contributed by atoms with van der Waals surface area (Å²) < 4.78 is 38.1. The van der Waals surface area contributed by atoms with Gasteiger partial charge in [-0.15, -0.1) is 24.0 Å². The summed E-state index contributed by atoms with van der Waals surface area (Å²) in [6, 6.07) is 5.80. The molecule has 1 saturated carbocycles. The van der Waals surface area contributed by atoms with Gasteiger partial charge in [0, 0.05) is 58.3 Å². The summed E-state index contributed by atoms with van der Waals surface area (Å²) in [6.45, 7) is 7.27. The van der Waals surface area contributed by atoms with E-state index in [0.717, 1.165) is 75.6 Å². The Balaban J connectivity index is 0.00000363. The maximum Gasteiger partial charge on any atom is 0.416 e. The van der Waals surface area contributed by atoms with Gasteiger partial charge in [0.2, 0.25) is 5.91 Å². The van der Waals surface area contributed by atoms with Gasteiger partial charge in [0.1, 0.15) is 0 Å². The highest BCUT2D eigenvalue weighted by molar-refractivity contribution is 14.0. The van der Waals surface area contributed by atoms with Crippen LogP contribution >= 0.6 is 24.0 Å². The van der Waals surface area contributed by atoms with Crippen molar-refractivity contribution in [3.8, 4) is 0 Å². The Morgan fingerprint density at radius 2 is 1.78 bits per heavy atom. The number of nitrogens with one attached hydrogen (secondary N) is 2. The Morgan fingerprint density at radius 1 is 1.12 bits per heavy atom. The fourth-order valence-electron chi connectivity index (χ4n) is 3.55. The van der Waals surface area contributed by atoms with Crippen molar-refractivity contribution in [2.45, 2.75) is 51.4 Å². The summed E-state index contributed by atoms with van der Waals surface area (Å²) in [5.74, 6) is 0.971. The summed E-state index contributed by atoms with van der Waals surface area (Å²) in [6.07, 6.45) is -0.882. The third kappa shape index (κ3) is 8.76. The van der Waals surface area contributed by atoms with Crippen molar-refractivity contribution in [3.63, 3.8) is 0 Å². The zero-order valence-corrected chi connectivity index (χ0v) is 20.8. The van der Waals surface area contributed by atoms with Crippen LogP contribution < -0.4 is 10.6 Å². The highest BCUT2D eigenvalue weighted by Crippen LogP contribution is 2.29. The molecule has 2 aliphatic rings. The number of halogens is 4. The second kappa shape index (κ2) is 12.6. The number of guanidine groups is 1. The van der Waals surface area contributed by atoms with Crippen LogP contribution in [0.4, 0.5) is 13.2 Å². The van der Waals surface area contributed by atoms with Crippen LogP contribution in [0.3, 0.4) is 0 Å². The summed E-state index contributed by atoms with van der Waals surface area (Å²) in [4.78, 5) is 20.9. The first kappa shape index (κ1) is 26.7. The molecule has 1 aromatic carbocycles. The molecule has 0 spiro atoms. The molecule has 10 heteroatoms. The maximum atomic E-state index is 12.7. The van der Waals surface area contributed by atoms with E-state index in [1.165, 1.54) is 0 Å². The average Bonchev–Trinajstić information content (AvgIpc) is 3.55. The van der Waals surface area contributed by atoms with E-state index in [-0.39, 0.29) is 29.9 Å². The smallest absolute Gasteiger partial charge is 0.357 e. The van der Waals surface area contributed by atoms with Gasteiger partial charge in [-0.05, 0) is 43.9 Å². The third-order valence-corrected chi connectivity index (χ3v) is 5.46. The van der Waals surface area contributed by atoms with Gasteiger partial charge in [-0.1, -0.05) is 12.1 Å². The fourth-order valence-corrected chi connectivity index (χ4v) is 3.55. The standard InChI is InChI=1S/C22H32F3N5O.HI/c1-2-26-21(27-11-3-4-20(31)28-19-9-10-19)30-14-12-29(13-15-30)16-17-5-7-18(8-6-17)22(23,24)25;/h5-8,19H,2-4,9-16H2,1H3,(H,26,27)(H,28,31);1H. The van der Waals surface area contributed by atoms with Gasteiger partial charge < -0.3 is 15.5 Å². The highest BCUT2D eigenvalue weighted by atomic mass is 127. The predicted octanol–water partition coefficient (Wildman–Crippen LogP) is 3.47. The number of benzene rings is 1. The minimum atomic E-state index is -4.30. The Hall–Kier alpha value is -1.56. The van der Waals surface area contributed by atoms with E-state index in [1.807, 2.05) is 6.92 Å². The summed E-state index contributed by atoms with van der Waals surface area (Å²) in [7, 11) is 0. The zero-order chi connectivity index (χ0) is 22.3. The molecule has 1 aromatic rings. The molecule has 1 saturated heterocycles. The molecule has 1 heterocycles. The van der Waals surface area contributed by atoms with Gasteiger partial charge in [-0.3, -0.25) is 14.7 Å². The predicted molar refractivity (Wildman–Crippen MR) is 130 cm³/mol. The molecule has 0 unspecified atom stereocenters. The van der Waals surface area contributed by atoms with E-state index < -0.39 is 11.7 Å². The van der Waals surface area contributed by atoms with E-state index in [4.69, 9.17) is 0 Å². The molecule has 3 rings (SSSR count). The number of aliphatic imine (C=N–C) groups is 1. The monoisotopic (exact) mass is 567 g/mol. The second-order valence-corrected chi connectivity index (χ2v) is 8.14. The molecule has 0 bridgehead atoms. The molecule has 1 amide bonds. The molecule has 1 aliphatic carbocycles. The van der Waals surface area contributed by atoms with Crippen LogP contribution in [0.25, 0.3) is 0 Å². The lowest BCUT2D eigenvalue weighted by Gasteiger charge is -2.36. The second-order valence-electron chi connectivity index (χ2n) is 8.14. The lowest BCUT2D eigenvalue weighted by atomic mass is 10.1. The molecule has 32 heavy (non-hydrogen) atoms. The summed E-state index contributed by atoms with van der Waals surface area (Å²) in [5, 5.41) is 6.31. The van der Waals surface area contributed by atoms with Crippen LogP contribution in [-0.4, -0.2) is 67.0 Å². The molecule has 0 aromatic heterocycles. The van der Waals surface area contributed by atoms with Crippen molar-refractivity contribution in [2.75, 3.05) is 39.3 Å². The van der Waals surface area contributed by atoms with Crippen molar-refractivity contribution < 1.29 is 18.0 Å². The van der Waals surface area contributed by atoms with Gasteiger partial charge >= 0.3 is 6.18 Å². The van der Waals surface area contributed by atoms with E-state index in [2.05, 4.69) is 25.4 Å². The Bertz CT molecular complexity index is 745. The largest absolute Gasteiger partial charge is 0.416 e. The van der Waals surface area contributed by atoms with Crippen LogP contribution in [0.2, 0.25) is 0 Å². The number of alkyl halides is 3. The molecule has 180 valence electrons. The van der Waals surface area contributed by atoms with E-state index in [9.17, 15) is 18.0 Å². The Morgan fingerprint density at radius 3 is 2.34 bits per heavy atom. The van der Waals surface area contributed by atoms with Crippen LogP contribution in [0.1, 0.15) is 43.7 Å². The molecule has 2 fully saturated rings. The SMILES string of the molecule is CCNC(=NCCCC(=O)NC1CC1)N1CCN(Cc2ccc(C(F)(F)F)cc2)CC1.I. The fraction of sp³-hybridized carbons (Fsp3) is 0.636. The van der Waals surface area contributed by atoms with Gasteiger partial charge in [-0.2, -0.15) is 13.2 Å². The van der Waals surface area contributed by atoms with Crippen LogP contribution in [-0.2, 0) is 17.5 Å². The van der Waals surface area contributed by atoms with Crippen LogP contribution in [0, 0.1) is 0 Å². The highest BCUT2D eigenvalue weighted by Gasteiger charge is 2.30. The molecule has 0 atom stereocenters. The van der Waals surface area contributed by atoms with Gasteiger partial charge in [0.05, 0.1) is 5.56 Å². The number of carbonyl (C=O) groups is 1. The zero-order valence-electron chi connectivity index (χ0n) is 18.5. The molecule has 6 nitrogen and oxygen atoms in total. The third-order valence-electron chi connectivity index (χ3n) is 5.46. The van der Waals surface area contributed by atoms with E-state index in [1.54, 1.807) is 12.1 Å². The lowest BCUT2D eigenvalue weighted by molar-refractivity contribution is -0.137. The Kier molecular flexibility index (Phi) is 10.5. The number of hydrogen-bond acceptors (Lipinski definition) is 3. The first-order chi connectivity index (χ1) is 14.8. The normalized spacial score (nSPS) is 17.6. The summed E-state index contributed by atoms with van der Waals surface area (Å²) >= 11 is 0. The summed E-state index contributed by atoms with van der Waals surface area (Å²) in [5.41, 5.74) is 0.268. The molecule has 1 aliphatic heterocycles. The number of piperazine rings is 1. The van der Waals surface area contributed by atoms with Crippen molar-refractivity contribution in [1.29, 1.82) is 0 Å². The van der Waals surface area contributed by atoms with Crippen molar-refractivity contribution in [3.05, 3.63) is 35.4 Å². The quantitative estimate of drug-likeness (QED) is 0.219. The number of nitrogens with zero attached hydrogens (tertiary/aromatic N) is 3. The van der Waals surface area contributed by atoms with Crippen molar-refractivity contribution >= 4 is 35.8 Å². The van der Waals surface area contributed by atoms with Gasteiger partial charge in [0.25, 0.3) is 0 Å². The topological polar surface area (TPSA) is 60.0 Å². The molecule has 2 N–H and O–H groups in total. The molecular weight excluding hydrogens is 534 g/mol. The van der Waals surface area contributed by atoms with E-state index >= 15 is 0 Å². The van der Waals surface area contributed by atoms with Crippen molar-refractivity contribution in [1.82, 2.24) is 20.4 Å². The number of carbonyl (C=O) groups excluding carboxylic acids is 1. The van der Waals surface area contributed by atoms with Crippen LogP contribution in [0.15, 0.2) is 29.3 Å². The average molecular weight is 567 g/mol. The first-order valence-electron chi connectivity index (χ1n) is 11.1. The number of amides is 1. The van der Waals surface area contributed by atoms with Gasteiger partial charge in [0.15, 0.2) is 5.96 Å². The number of hydrogen-bond donors (Lipinski definition) is 2. The van der Waals surface area contributed by atoms with E-state index in [0.29, 0.717) is 25.6 Å². The molecular formula is C22H33F3IN5O.